The number of ether oxygens (including phenoxy) is 1. The van der Waals surface area contributed by atoms with Gasteiger partial charge in [-0.25, -0.2) is 0 Å². The summed E-state index contributed by atoms with van der Waals surface area (Å²) in [5.41, 5.74) is 1.48. The molecule has 1 heteroatoms. The van der Waals surface area contributed by atoms with Crippen LogP contribution in [0.2, 0.25) is 0 Å². The molecule has 2 aliphatic carbocycles. The molecule has 0 radical (unpaired) electrons. The molecule has 0 spiro atoms. The zero-order valence-electron chi connectivity index (χ0n) is 20.0. The average Bonchev–Trinajstić information content (AvgIpc) is 2.79. The Morgan fingerprint density at radius 1 is 0.633 bits per heavy atom. The summed E-state index contributed by atoms with van der Waals surface area (Å²) in [6, 6.07) is 8.89. The minimum atomic E-state index is 0.846. The Labute approximate surface area is 187 Å². The lowest BCUT2D eigenvalue weighted by atomic mass is 9.74. The first-order valence-electron chi connectivity index (χ1n) is 13.5. The van der Waals surface area contributed by atoms with Gasteiger partial charge in [0.25, 0.3) is 0 Å². The highest BCUT2D eigenvalue weighted by Gasteiger charge is 2.24. The van der Waals surface area contributed by atoms with Crippen LogP contribution in [0.3, 0.4) is 0 Å². The van der Waals surface area contributed by atoms with E-state index in [2.05, 4.69) is 38.1 Å². The van der Waals surface area contributed by atoms with Crippen molar-refractivity contribution in [3.05, 3.63) is 29.8 Å². The largest absolute Gasteiger partial charge is 0.494 e. The minimum Gasteiger partial charge on any atom is -0.494 e. The van der Waals surface area contributed by atoms with E-state index in [1.807, 2.05) is 0 Å². The van der Waals surface area contributed by atoms with E-state index >= 15 is 0 Å². The van der Waals surface area contributed by atoms with Gasteiger partial charge in [-0.05, 0) is 60.6 Å². The van der Waals surface area contributed by atoms with Gasteiger partial charge < -0.3 is 4.74 Å². The fourth-order valence-corrected chi connectivity index (χ4v) is 5.95. The molecule has 1 aromatic rings. The van der Waals surface area contributed by atoms with Gasteiger partial charge in [0, 0.05) is 0 Å². The normalized spacial score (nSPS) is 27.1. The first kappa shape index (κ1) is 23.7. The van der Waals surface area contributed by atoms with E-state index in [0.29, 0.717) is 0 Å². The highest BCUT2D eigenvalue weighted by molar-refractivity contribution is 5.27. The van der Waals surface area contributed by atoms with Crippen molar-refractivity contribution in [1.82, 2.24) is 0 Å². The number of aryl methyl sites for hydroxylation is 1. The van der Waals surface area contributed by atoms with Crippen molar-refractivity contribution >= 4 is 0 Å². The van der Waals surface area contributed by atoms with Crippen molar-refractivity contribution in [1.29, 1.82) is 0 Å². The van der Waals surface area contributed by atoms with Gasteiger partial charge in [-0.15, -0.1) is 0 Å². The molecule has 30 heavy (non-hydrogen) atoms. The Balaban J connectivity index is 1.26. The molecule has 0 heterocycles. The zero-order chi connectivity index (χ0) is 21.0. The van der Waals surface area contributed by atoms with Gasteiger partial charge in [0.1, 0.15) is 5.75 Å². The predicted octanol–water partition coefficient (Wildman–Crippen LogP) is 8.99. The number of unbranched alkanes of at least 4 members (excludes halogenated alkanes) is 1. The summed E-state index contributed by atoms with van der Waals surface area (Å²) < 4.78 is 5.79. The molecule has 2 aliphatic rings. The van der Waals surface area contributed by atoms with E-state index in [4.69, 9.17) is 4.74 Å². The molecular weight excluding hydrogens is 364 g/mol. The Morgan fingerprint density at radius 3 is 1.63 bits per heavy atom. The summed E-state index contributed by atoms with van der Waals surface area (Å²) in [4.78, 5) is 0. The van der Waals surface area contributed by atoms with E-state index in [-0.39, 0.29) is 0 Å². The number of hydrogen-bond donors (Lipinski definition) is 0. The van der Waals surface area contributed by atoms with Crippen LogP contribution < -0.4 is 4.74 Å². The lowest BCUT2D eigenvalue weighted by molar-refractivity contribution is 0.209. The van der Waals surface area contributed by atoms with Crippen LogP contribution in [0.25, 0.3) is 0 Å². The van der Waals surface area contributed by atoms with Crippen molar-refractivity contribution in [2.75, 3.05) is 6.61 Å². The molecule has 2 fully saturated rings. The molecule has 0 atom stereocenters. The summed E-state index contributed by atoms with van der Waals surface area (Å²) in [5.74, 6) is 5.16. The van der Waals surface area contributed by atoms with Crippen LogP contribution in [0.15, 0.2) is 24.3 Å². The average molecular weight is 413 g/mol. The van der Waals surface area contributed by atoms with Crippen molar-refractivity contribution in [3.63, 3.8) is 0 Å². The molecule has 0 saturated heterocycles. The van der Waals surface area contributed by atoms with Crippen molar-refractivity contribution in [2.24, 2.45) is 23.7 Å². The van der Waals surface area contributed by atoms with E-state index < -0.39 is 0 Å². The van der Waals surface area contributed by atoms with Crippen LogP contribution in [0.4, 0.5) is 0 Å². The lowest BCUT2D eigenvalue weighted by Gasteiger charge is -2.32. The standard InChI is InChI=1S/C29H48O/c1-3-5-23-30-29-21-19-28(20-22-29)18-17-27-15-13-26(14-16-27)12-11-25-9-7-24(6-4-2)8-10-25/h19-22,24-27H,3-18,23H2,1-2H3/t24-,25-,26-,27-. The van der Waals surface area contributed by atoms with Gasteiger partial charge in [-0.1, -0.05) is 109 Å². The van der Waals surface area contributed by atoms with Gasteiger partial charge >= 0.3 is 0 Å². The third-order valence-corrected chi connectivity index (χ3v) is 8.14. The van der Waals surface area contributed by atoms with Crippen molar-refractivity contribution in [3.8, 4) is 5.75 Å². The zero-order valence-corrected chi connectivity index (χ0v) is 20.0. The summed E-state index contributed by atoms with van der Waals surface area (Å²) in [6.07, 6.45) is 22.9. The van der Waals surface area contributed by atoms with Crippen molar-refractivity contribution in [2.45, 2.75) is 117 Å². The SMILES string of the molecule is CCCCOc1ccc(CC[C@H]2CC[C@H](CC[C@H]3CC[C@H](CCC)CC3)CC2)cc1. The smallest absolute Gasteiger partial charge is 0.119 e. The second kappa shape index (κ2) is 13.4. The van der Waals surface area contributed by atoms with Crippen LogP contribution in [0, 0.1) is 23.7 Å². The maximum absolute atomic E-state index is 5.79. The van der Waals surface area contributed by atoms with Crippen molar-refractivity contribution < 1.29 is 4.74 Å². The maximum Gasteiger partial charge on any atom is 0.119 e. The maximum atomic E-state index is 5.79. The Bertz CT molecular complexity index is 546. The van der Waals surface area contributed by atoms with Crippen LogP contribution in [-0.2, 0) is 6.42 Å². The summed E-state index contributed by atoms with van der Waals surface area (Å²) >= 11 is 0. The monoisotopic (exact) mass is 412 g/mol. The van der Waals surface area contributed by atoms with E-state index in [1.165, 1.54) is 102 Å². The fourth-order valence-electron chi connectivity index (χ4n) is 5.95. The predicted molar refractivity (Wildman–Crippen MR) is 130 cm³/mol. The molecule has 0 unspecified atom stereocenters. The van der Waals surface area contributed by atoms with Gasteiger partial charge in [0.05, 0.1) is 6.61 Å². The van der Waals surface area contributed by atoms with Gasteiger partial charge in [-0.3, -0.25) is 0 Å². The number of hydrogen-bond acceptors (Lipinski definition) is 1. The molecule has 2 saturated carbocycles. The van der Waals surface area contributed by atoms with Gasteiger partial charge in [0.15, 0.2) is 0 Å². The summed E-state index contributed by atoms with van der Waals surface area (Å²) in [7, 11) is 0. The highest BCUT2D eigenvalue weighted by Crippen LogP contribution is 2.38. The molecule has 1 aromatic carbocycles. The second-order valence-corrected chi connectivity index (χ2v) is 10.5. The second-order valence-electron chi connectivity index (χ2n) is 10.5. The summed E-state index contributed by atoms with van der Waals surface area (Å²) in [6.45, 7) is 5.40. The van der Waals surface area contributed by atoms with Gasteiger partial charge in [0.2, 0.25) is 0 Å². The third-order valence-electron chi connectivity index (χ3n) is 8.14. The first-order chi connectivity index (χ1) is 14.8. The van der Waals surface area contributed by atoms with E-state index in [9.17, 15) is 0 Å². The van der Waals surface area contributed by atoms with Crippen LogP contribution >= 0.6 is 0 Å². The van der Waals surface area contributed by atoms with Crippen LogP contribution in [-0.4, -0.2) is 6.61 Å². The molecule has 0 amide bonds. The molecule has 0 bridgehead atoms. The highest BCUT2D eigenvalue weighted by atomic mass is 16.5. The fraction of sp³-hybridized carbons (Fsp3) is 0.793. The molecule has 1 nitrogen and oxygen atoms in total. The van der Waals surface area contributed by atoms with Crippen LogP contribution in [0.5, 0.6) is 5.75 Å². The molecule has 0 aliphatic heterocycles. The van der Waals surface area contributed by atoms with E-state index in [0.717, 1.165) is 42.4 Å². The first-order valence-corrected chi connectivity index (χ1v) is 13.5. The Morgan fingerprint density at radius 2 is 1.13 bits per heavy atom. The third kappa shape index (κ3) is 8.27. The minimum absolute atomic E-state index is 0.846. The Hall–Kier alpha value is -0.980. The molecular formula is C29H48O. The molecule has 0 aromatic heterocycles. The topological polar surface area (TPSA) is 9.23 Å². The lowest BCUT2D eigenvalue weighted by Crippen LogP contribution is -2.18. The molecule has 3 rings (SSSR count). The molecule has 170 valence electrons. The van der Waals surface area contributed by atoms with Crippen LogP contribution in [0.1, 0.15) is 116 Å². The number of rotatable bonds is 12. The molecule has 0 N–H and O–H groups in total. The summed E-state index contributed by atoms with van der Waals surface area (Å²) in [5, 5.41) is 0. The quantitative estimate of drug-likeness (QED) is 0.311. The number of benzene rings is 1. The van der Waals surface area contributed by atoms with E-state index in [1.54, 1.807) is 0 Å². The Kier molecular flexibility index (Phi) is 10.6. The van der Waals surface area contributed by atoms with Gasteiger partial charge in [-0.2, -0.15) is 0 Å².